The standard InChI is InChI=1S/C22H36N4O2.HI/c1-4-26-14-8-10-18(26)16-25-22(23-2)24-15-17-9-7-13-20(27-3)21(17)28-19-11-5-6-12-19;/h7,9,13,18-19H,4-6,8,10-12,14-16H2,1-3H3,(H2,23,24,25);1H. The fraction of sp³-hybridized carbons (Fsp3) is 0.682. The lowest BCUT2D eigenvalue weighted by Crippen LogP contribution is -2.44. The first-order chi connectivity index (χ1) is 13.7. The van der Waals surface area contributed by atoms with Crippen molar-refractivity contribution in [2.24, 2.45) is 4.99 Å². The second-order valence-electron chi connectivity index (χ2n) is 7.70. The van der Waals surface area contributed by atoms with E-state index in [2.05, 4.69) is 33.5 Å². The summed E-state index contributed by atoms with van der Waals surface area (Å²) < 4.78 is 11.9. The third kappa shape index (κ3) is 6.64. The molecular weight excluding hydrogens is 479 g/mol. The van der Waals surface area contributed by atoms with Crippen molar-refractivity contribution in [1.82, 2.24) is 15.5 Å². The van der Waals surface area contributed by atoms with Crippen LogP contribution in [0.4, 0.5) is 0 Å². The lowest BCUT2D eigenvalue weighted by molar-refractivity contribution is 0.198. The molecule has 29 heavy (non-hydrogen) atoms. The van der Waals surface area contributed by atoms with E-state index in [4.69, 9.17) is 9.47 Å². The molecule has 3 rings (SSSR count). The first kappa shape index (κ1) is 24.1. The van der Waals surface area contributed by atoms with Gasteiger partial charge in [0.05, 0.1) is 13.2 Å². The van der Waals surface area contributed by atoms with E-state index in [9.17, 15) is 0 Å². The van der Waals surface area contributed by atoms with E-state index >= 15 is 0 Å². The summed E-state index contributed by atoms with van der Waals surface area (Å²) in [6.07, 6.45) is 7.60. The van der Waals surface area contributed by atoms with Crippen molar-refractivity contribution in [1.29, 1.82) is 0 Å². The molecule has 0 amide bonds. The second-order valence-corrected chi connectivity index (χ2v) is 7.70. The Morgan fingerprint density at radius 3 is 2.66 bits per heavy atom. The molecule has 1 aliphatic heterocycles. The van der Waals surface area contributed by atoms with Crippen molar-refractivity contribution in [2.45, 2.75) is 64.1 Å². The summed E-state index contributed by atoms with van der Waals surface area (Å²) in [5.41, 5.74) is 1.10. The van der Waals surface area contributed by atoms with E-state index in [0.717, 1.165) is 49.0 Å². The number of likely N-dealkylation sites (tertiary alicyclic amines) is 1. The van der Waals surface area contributed by atoms with E-state index in [-0.39, 0.29) is 24.0 Å². The van der Waals surface area contributed by atoms with Gasteiger partial charge in [0.2, 0.25) is 0 Å². The van der Waals surface area contributed by atoms with Crippen molar-refractivity contribution < 1.29 is 9.47 Å². The van der Waals surface area contributed by atoms with Gasteiger partial charge in [-0.05, 0) is 57.7 Å². The molecule has 1 heterocycles. The van der Waals surface area contributed by atoms with E-state index in [1.54, 1.807) is 7.11 Å². The van der Waals surface area contributed by atoms with Crippen LogP contribution in [0.15, 0.2) is 23.2 Å². The second kappa shape index (κ2) is 12.5. The van der Waals surface area contributed by atoms with Crippen molar-refractivity contribution in [3.8, 4) is 11.5 Å². The maximum atomic E-state index is 6.33. The molecule has 6 nitrogen and oxygen atoms in total. The summed E-state index contributed by atoms with van der Waals surface area (Å²) in [6, 6.07) is 6.69. The summed E-state index contributed by atoms with van der Waals surface area (Å²) in [4.78, 5) is 6.93. The molecule has 2 N–H and O–H groups in total. The number of rotatable bonds is 8. The molecule has 0 bridgehead atoms. The summed E-state index contributed by atoms with van der Waals surface area (Å²) in [5, 5.41) is 6.94. The molecule has 2 aliphatic rings. The quantitative estimate of drug-likeness (QED) is 0.313. The monoisotopic (exact) mass is 516 g/mol. The minimum Gasteiger partial charge on any atom is -0.493 e. The number of methoxy groups -OCH3 is 1. The van der Waals surface area contributed by atoms with Crippen molar-refractivity contribution >= 4 is 29.9 Å². The number of aliphatic imine (C=N–C) groups is 1. The zero-order chi connectivity index (χ0) is 19.8. The maximum absolute atomic E-state index is 6.33. The molecule has 1 saturated heterocycles. The van der Waals surface area contributed by atoms with Gasteiger partial charge in [-0.3, -0.25) is 9.89 Å². The van der Waals surface area contributed by atoms with Crippen LogP contribution in [-0.4, -0.2) is 56.8 Å². The van der Waals surface area contributed by atoms with Gasteiger partial charge in [-0.25, -0.2) is 0 Å². The number of para-hydroxylation sites is 1. The van der Waals surface area contributed by atoms with Gasteiger partial charge in [0, 0.05) is 31.7 Å². The maximum Gasteiger partial charge on any atom is 0.191 e. The van der Waals surface area contributed by atoms with Gasteiger partial charge >= 0.3 is 0 Å². The van der Waals surface area contributed by atoms with Crippen LogP contribution in [0.2, 0.25) is 0 Å². The van der Waals surface area contributed by atoms with Gasteiger partial charge in [0.25, 0.3) is 0 Å². The molecule has 1 aliphatic carbocycles. The highest BCUT2D eigenvalue weighted by Crippen LogP contribution is 2.34. The van der Waals surface area contributed by atoms with Crippen LogP contribution in [0.25, 0.3) is 0 Å². The minimum atomic E-state index is 0. The Morgan fingerprint density at radius 1 is 1.17 bits per heavy atom. The molecule has 7 heteroatoms. The number of hydrogen-bond acceptors (Lipinski definition) is 4. The van der Waals surface area contributed by atoms with Gasteiger partial charge in [-0.2, -0.15) is 0 Å². The summed E-state index contributed by atoms with van der Waals surface area (Å²) in [5.74, 6) is 2.50. The lowest BCUT2D eigenvalue weighted by Gasteiger charge is -2.24. The number of nitrogens with zero attached hydrogens (tertiary/aromatic N) is 2. The van der Waals surface area contributed by atoms with Crippen molar-refractivity contribution in [3.05, 3.63) is 23.8 Å². The fourth-order valence-electron chi connectivity index (χ4n) is 4.32. The lowest BCUT2D eigenvalue weighted by atomic mass is 10.1. The van der Waals surface area contributed by atoms with Crippen molar-refractivity contribution in [2.75, 3.05) is 33.8 Å². The smallest absolute Gasteiger partial charge is 0.191 e. The predicted molar refractivity (Wildman–Crippen MR) is 130 cm³/mol. The van der Waals surface area contributed by atoms with Gasteiger partial charge in [-0.15, -0.1) is 24.0 Å². The number of hydrogen-bond donors (Lipinski definition) is 2. The molecule has 0 aromatic heterocycles. The Hall–Kier alpha value is -1.22. The van der Waals surface area contributed by atoms with Crippen LogP contribution in [-0.2, 0) is 6.54 Å². The molecule has 1 atom stereocenters. The molecule has 0 radical (unpaired) electrons. The Kier molecular flexibility index (Phi) is 10.3. The van der Waals surface area contributed by atoms with E-state index < -0.39 is 0 Å². The number of benzene rings is 1. The van der Waals surface area contributed by atoms with Crippen LogP contribution < -0.4 is 20.1 Å². The Morgan fingerprint density at radius 2 is 1.97 bits per heavy atom. The van der Waals surface area contributed by atoms with Crippen LogP contribution >= 0.6 is 24.0 Å². The molecule has 1 aromatic carbocycles. The zero-order valence-corrected chi connectivity index (χ0v) is 20.4. The molecular formula is C22H37IN4O2. The van der Waals surface area contributed by atoms with Crippen molar-refractivity contribution in [3.63, 3.8) is 0 Å². The number of likely N-dealkylation sites (N-methyl/N-ethyl adjacent to an activating group) is 1. The fourth-order valence-corrected chi connectivity index (χ4v) is 4.32. The summed E-state index contributed by atoms with van der Waals surface area (Å²) in [7, 11) is 3.53. The SMILES string of the molecule is CCN1CCCC1CNC(=NC)NCc1cccc(OC)c1OC1CCCC1.I. The highest BCUT2D eigenvalue weighted by atomic mass is 127. The molecule has 0 spiro atoms. The summed E-state index contributed by atoms with van der Waals surface area (Å²) >= 11 is 0. The highest BCUT2D eigenvalue weighted by Gasteiger charge is 2.23. The molecule has 2 fully saturated rings. The Balaban J connectivity index is 0.00000300. The van der Waals surface area contributed by atoms with Gasteiger partial charge in [-0.1, -0.05) is 19.1 Å². The topological polar surface area (TPSA) is 58.1 Å². The third-order valence-corrected chi connectivity index (χ3v) is 5.95. The van der Waals surface area contributed by atoms with E-state index in [1.165, 1.54) is 32.2 Å². The van der Waals surface area contributed by atoms with Crippen LogP contribution in [0.1, 0.15) is 51.0 Å². The summed E-state index contributed by atoms with van der Waals surface area (Å²) in [6.45, 7) is 6.14. The third-order valence-electron chi connectivity index (χ3n) is 5.95. The van der Waals surface area contributed by atoms with Gasteiger partial charge in [0.1, 0.15) is 0 Å². The average molecular weight is 516 g/mol. The predicted octanol–water partition coefficient (Wildman–Crippen LogP) is 3.78. The number of halogens is 1. The van der Waals surface area contributed by atoms with Gasteiger partial charge < -0.3 is 20.1 Å². The number of guanidine groups is 1. The molecule has 1 unspecified atom stereocenters. The largest absolute Gasteiger partial charge is 0.493 e. The van der Waals surface area contributed by atoms with Crippen LogP contribution in [0, 0.1) is 0 Å². The zero-order valence-electron chi connectivity index (χ0n) is 18.1. The Labute approximate surface area is 192 Å². The minimum absolute atomic E-state index is 0. The molecule has 1 saturated carbocycles. The van der Waals surface area contributed by atoms with Gasteiger partial charge in [0.15, 0.2) is 17.5 Å². The van der Waals surface area contributed by atoms with Crippen LogP contribution in [0.3, 0.4) is 0 Å². The normalized spacial score (nSPS) is 20.4. The van der Waals surface area contributed by atoms with E-state index in [1.807, 2.05) is 19.2 Å². The molecule has 164 valence electrons. The highest BCUT2D eigenvalue weighted by molar-refractivity contribution is 14.0. The number of nitrogens with one attached hydrogen (secondary N) is 2. The average Bonchev–Trinajstić information content (AvgIpc) is 3.40. The molecule has 1 aromatic rings. The first-order valence-corrected chi connectivity index (χ1v) is 10.8. The first-order valence-electron chi connectivity index (χ1n) is 10.8. The van der Waals surface area contributed by atoms with E-state index in [0.29, 0.717) is 18.7 Å². The van der Waals surface area contributed by atoms with Crippen LogP contribution in [0.5, 0.6) is 11.5 Å². The Bertz CT molecular complexity index is 650. The number of ether oxygens (including phenoxy) is 2.